The van der Waals surface area contributed by atoms with E-state index in [1.54, 1.807) is 11.3 Å². The number of rotatable bonds is 1. The Hall–Kier alpha value is -0.730. The summed E-state index contributed by atoms with van der Waals surface area (Å²) in [5.41, 5.74) is 2.54. The van der Waals surface area contributed by atoms with Crippen molar-refractivity contribution in [2.75, 3.05) is 0 Å². The molecule has 0 unspecified atom stereocenters. The summed E-state index contributed by atoms with van der Waals surface area (Å²) in [6.07, 6.45) is 0. The molecule has 0 atom stereocenters. The van der Waals surface area contributed by atoms with Crippen LogP contribution in [0, 0.1) is 0 Å². The lowest BCUT2D eigenvalue weighted by molar-refractivity contribution is 1.48. The normalized spacial score (nSPS) is 10.1. The maximum absolute atomic E-state index is 4.23. The Morgan fingerprint density at radius 2 is 1.67 bits per heavy atom. The van der Waals surface area contributed by atoms with Crippen LogP contribution in [0.1, 0.15) is 0 Å². The number of hydrogen-bond acceptors (Lipinski definition) is 2. The Morgan fingerprint density at radius 3 is 2.25 bits per heavy atom. The molecule has 0 N–H and O–H groups in total. The molecular weight excluding hydrogens is 184 g/mol. The third-order valence-corrected chi connectivity index (χ3v) is 2.70. The van der Waals surface area contributed by atoms with Gasteiger partial charge < -0.3 is 0 Å². The average Bonchev–Trinajstić information content (AvgIpc) is 2.58. The molecule has 0 spiro atoms. The highest BCUT2D eigenvalue weighted by Gasteiger charge is 1.95. The molecule has 2 aromatic rings. The van der Waals surface area contributed by atoms with E-state index in [1.165, 1.54) is 11.1 Å². The Labute approximate surface area is 81.3 Å². The second kappa shape index (κ2) is 3.33. The van der Waals surface area contributed by atoms with Crippen LogP contribution in [0.4, 0.5) is 0 Å². The van der Waals surface area contributed by atoms with Crippen LogP contribution in [0.2, 0.25) is 0 Å². The molecule has 0 saturated heterocycles. The van der Waals surface area contributed by atoms with E-state index in [4.69, 9.17) is 0 Å². The van der Waals surface area contributed by atoms with Crippen molar-refractivity contribution in [3.05, 3.63) is 41.1 Å². The second-order valence-electron chi connectivity index (χ2n) is 2.56. The first-order valence-electron chi connectivity index (χ1n) is 3.68. The summed E-state index contributed by atoms with van der Waals surface area (Å²) >= 11 is 5.95. The van der Waals surface area contributed by atoms with Crippen molar-refractivity contribution in [3.8, 4) is 11.1 Å². The van der Waals surface area contributed by atoms with Gasteiger partial charge in [0.15, 0.2) is 0 Å². The lowest BCUT2D eigenvalue weighted by Gasteiger charge is -1.96. The highest BCUT2D eigenvalue weighted by molar-refractivity contribution is 7.80. The van der Waals surface area contributed by atoms with Crippen LogP contribution in [0.5, 0.6) is 0 Å². The Bertz CT molecular complexity index is 346. The summed E-state index contributed by atoms with van der Waals surface area (Å²) < 4.78 is 0. The van der Waals surface area contributed by atoms with Gasteiger partial charge in [0.25, 0.3) is 0 Å². The Balaban J connectivity index is 2.43. The van der Waals surface area contributed by atoms with Crippen LogP contribution >= 0.6 is 24.0 Å². The summed E-state index contributed by atoms with van der Waals surface area (Å²) in [5, 5.41) is 4.23. The van der Waals surface area contributed by atoms with E-state index >= 15 is 0 Å². The minimum atomic E-state index is 1.01. The molecule has 0 aliphatic heterocycles. The molecule has 1 aromatic carbocycles. The van der Waals surface area contributed by atoms with Crippen molar-refractivity contribution in [2.24, 2.45) is 0 Å². The summed E-state index contributed by atoms with van der Waals surface area (Å²) in [5.74, 6) is 0. The SMILES string of the molecule is Sc1ccc(-c2ccsc2)cc1. The van der Waals surface area contributed by atoms with Gasteiger partial charge >= 0.3 is 0 Å². The van der Waals surface area contributed by atoms with E-state index in [-0.39, 0.29) is 0 Å². The average molecular weight is 192 g/mol. The fraction of sp³-hybridized carbons (Fsp3) is 0. The third-order valence-electron chi connectivity index (χ3n) is 1.72. The molecule has 0 aliphatic carbocycles. The zero-order chi connectivity index (χ0) is 8.39. The molecule has 0 fully saturated rings. The first kappa shape index (κ1) is 7.90. The monoisotopic (exact) mass is 192 g/mol. The summed E-state index contributed by atoms with van der Waals surface area (Å²) in [6.45, 7) is 0. The molecule has 0 radical (unpaired) electrons. The van der Waals surface area contributed by atoms with Gasteiger partial charge in [0, 0.05) is 4.90 Å². The van der Waals surface area contributed by atoms with Gasteiger partial charge in [-0.15, -0.1) is 12.6 Å². The van der Waals surface area contributed by atoms with Crippen LogP contribution in [0.25, 0.3) is 11.1 Å². The number of benzene rings is 1. The molecule has 0 amide bonds. The van der Waals surface area contributed by atoms with E-state index in [1.807, 2.05) is 12.1 Å². The molecule has 2 rings (SSSR count). The molecule has 1 heterocycles. The van der Waals surface area contributed by atoms with Crippen molar-refractivity contribution in [1.82, 2.24) is 0 Å². The van der Waals surface area contributed by atoms with Crippen LogP contribution in [-0.2, 0) is 0 Å². The molecule has 0 nitrogen and oxygen atoms in total. The molecule has 0 bridgehead atoms. The minimum absolute atomic E-state index is 1.01. The lowest BCUT2D eigenvalue weighted by atomic mass is 10.1. The predicted octanol–water partition coefficient (Wildman–Crippen LogP) is 3.70. The molecule has 1 aromatic heterocycles. The van der Waals surface area contributed by atoms with Crippen molar-refractivity contribution in [2.45, 2.75) is 4.90 Å². The third kappa shape index (κ3) is 1.54. The second-order valence-corrected chi connectivity index (χ2v) is 3.86. The Kier molecular flexibility index (Phi) is 2.19. The lowest BCUT2D eigenvalue weighted by Crippen LogP contribution is -1.71. The van der Waals surface area contributed by atoms with Gasteiger partial charge in [0.1, 0.15) is 0 Å². The zero-order valence-corrected chi connectivity index (χ0v) is 8.11. The van der Waals surface area contributed by atoms with E-state index < -0.39 is 0 Å². The molecule has 0 aliphatic rings. The smallest absolute Gasteiger partial charge is 0.00404 e. The highest BCUT2D eigenvalue weighted by Crippen LogP contribution is 2.22. The van der Waals surface area contributed by atoms with Gasteiger partial charge in [0.2, 0.25) is 0 Å². The van der Waals surface area contributed by atoms with E-state index in [0.717, 1.165) is 4.90 Å². The van der Waals surface area contributed by atoms with Gasteiger partial charge in [-0.2, -0.15) is 11.3 Å². The van der Waals surface area contributed by atoms with E-state index in [2.05, 4.69) is 41.6 Å². The fourth-order valence-electron chi connectivity index (χ4n) is 1.08. The van der Waals surface area contributed by atoms with Gasteiger partial charge in [-0.3, -0.25) is 0 Å². The molecule has 12 heavy (non-hydrogen) atoms. The van der Waals surface area contributed by atoms with Crippen molar-refractivity contribution in [1.29, 1.82) is 0 Å². The largest absolute Gasteiger partial charge is 0.152 e. The number of thiophene rings is 1. The number of thiol groups is 1. The van der Waals surface area contributed by atoms with Crippen LogP contribution in [0.15, 0.2) is 46.0 Å². The van der Waals surface area contributed by atoms with Gasteiger partial charge in [0.05, 0.1) is 0 Å². The fourth-order valence-corrected chi connectivity index (χ4v) is 1.90. The van der Waals surface area contributed by atoms with Gasteiger partial charge in [-0.05, 0) is 40.1 Å². The van der Waals surface area contributed by atoms with Crippen molar-refractivity contribution < 1.29 is 0 Å². The Morgan fingerprint density at radius 1 is 0.917 bits per heavy atom. The first-order chi connectivity index (χ1) is 5.86. The summed E-state index contributed by atoms with van der Waals surface area (Å²) in [7, 11) is 0. The van der Waals surface area contributed by atoms with Gasteiger partial charge in [-0.25, -0.2) is 0 Å². The van der Waals surface area contributed by atoms with Crippen molar-refractivity contribution in [3.63, 3.8) is 0 Å². The van der Waals surface area contributed by atoms with E-state index in [9.17, 15) is 0 Å². The first-order valence-corrected chi connectivity index (χ1v) is 5.07. The molecule has 2 heteroatoms. The zero-order valence-electron chi connectivity index (χ0n) is 6.40. The van der Waals surface area contributed by atoms with Crippen molar-refractivity contribution >= 4 is 24.0 Å². The highest BCUT2D eigenvalue weighted by atomic mass is 32.1. The van der Waals surface area contributed by atoms with Crippen LogP contribution < -0.4 is 0 Å². The minimum Gasteiger partial charge on any atom is -0.152 e. The van der Waals surface area contributed by atoms with Gasteiger partial charge in [-0.1, -0.05) is 12.1 Å². The molecule has 60 valence electrons. The van der Waals surface area contributed by atoms with Crippen LogP contribution in [-0.4, -0.2) is 0 Å². The quantitative estimate of drug-likeness (QED) is 0.654. The standard InChI is InChI=1S/C10H8S2/c11-10-3-1-8(2-4-10)9-5-6-12-7-9/h1-7,11H. The predicted molar refractivity (Wildman–Crippen MR) is 57.0 cm³/mol. The van der Waals surface area contributed by atoms with E-state index in [0.29, 0.717) is 0 Å². The maximum atomic E-state index is 4.23. The molecular formula is C10H8S2. The maximum Gasteiger partial charge on any atom is 0.00404 e. The summed E-state index contributed by atoms with van der Waals surface area (Å²) in [4.78, 5) is 1.01. The number of hydrogen-bond donors (Lipinski definition) is 1. The molecule has 0 saturated carbocycles. The van der Waals surface area contributed by atoms with Crippen LogP contribution in [0.3, 0.4) is 0 Å². The summed E-state index contributed by atoms with van der Waals surface area (Å²) in [6, 6.07) is 10.3. The topological polar surface area (TPSA) is 0 Å².